The Morgan fingerprint density at radius 1 is 0.931 bits per heavy atom. The molecule has 0 unspecified atom stereocenters. The average molecular weight is 386 g/mol. The van der Waals surface area contributed by atoms with Gasteiger partial charge in [-0.3, -0.25) is 9.69 Å². The highest BCUT2D eigenvalue weighted by Crippen LogP contribution is 2.32. The van der Waals surface area contributed by atoms with Crippen LogP contribution in [0.15, 0.2) is 36.4 Å². The van der Waals surface area contributed by atoms with Crippen LogP contribution in [0.3, 0.4) is 0 Å². The SMILES string of the molecule is O=C1CCc2cc(-c3ccc4c(c3)nc3n4CCN(C4CCC4)CC3)ccc2N1. The molecule has 1 aromatic heterocycles. The average Bonchev–Trinajstić information content (AvgIpc) is 2.92. The number of carbonyl (C=O) groups excluding carboxylic acids is 1. The number of hydrogen-bond donors (Lipinski definition) is 1. The van der Waals surface area contributed by atoms with Crippen LogP contribution in [-0.2, 0) is 24.2 Å². The Kier molecular flexibility index (Phi) is 3.98. The summed E-state index contributed by atoms with van der Waals surface area (Å²) in [4.78, 5) is 19.3. The molecule has 0 bridgehead atoms. The van der Waals surface area contributed by atoms with Crippen molar-refractivity contribution in [3.8, 4) is 11.1 Å². The third-order valence-electron chi connectivity index (χ3n) is 6.99. The van der Waals surface area contributed by atoms with Crippen molar-refractivity contribution >= 4 is 22.6 Å². The van der Waals surface area contributed by atoms with Gasteiger partial charge in [0.2, 0.25) is 5.91 Å². The molecule has 5 nitrogen and oxygen atoms in total. The van der Waals surface area contributed by atoms with E-state index >= 15 is 0 Å². The zero-order valence-electron chi connectivity index (χ0n) is 16.7. The van der Waals surface area contributed by atoms with Gasteiger partial charge in [-0.15, -0.1) is 0 Å². The number of imidazole rings is 1. The first kappa shape index (κ1) is 17.2. The normalized spacial score (nSPS) is 19.9. The van der Waals surface area contributed by atoms with Crippen molar-refractivity contribution in [3.63, 3.8) is 0 Å². The number of amides is 1. The van der Waals surface area contributed by atoms with E-state index in [2.05, 4.69) is 45.1 Å². The lowest BCUT2D eigenvalue weighted by Gasteiger charge is -2.36. The van der Waals surface area contributed by atoms with E-state index in [1.54, 1.807) is 0 Å². The molecule has 0 spiro atoms. The Morgan fingerprint density at radius 2 is 1.79 bits per heavy atom. The molecule has 0 radical (unpaired) electrons. The van der Waals surface area contributed by atoms with Crippen LogP contribution >= 0.6 is 0 Å². The van der Waals surface area contributed by atoms with Crippen LogP contribution in [0.2, 0.25) is 0 Å². The van der Waals surface area contributed by atoms with Crippen LogP contribution in [0.4, 0.5) is 5.69 Å². The number of nitrogens with zero attached hydrogens (tertiary/aromatic N) is 3. The Balaban J connectivity index is 1.31. The Morgan fingerprint density at radius 3 is 2.66 bits per heavy atom. The number of aryl methyl sites for hydroxylation is 1. The number of aromatic nitrogens is 2. The van der Waals surface area contributed by atoms with Gasteiger partial charge in [0.15, 0.2) is 0 Å². The van der Waals surface area contributed by atoms with Crippen molar-refractivity contribution in [2.45, 2.75) is 51.1 Å². The summed E-state index contributed by atoms with van der Waals surface area (Å²) < 4.78 is 2.43. The second kappa shape index (κ2) is 6.70. The van der Waals surface area contributed by atoms with E-state index < -0.39 is 0 Å². The molecule has 0 atom stereocenters. The molecular weight excluding hydrogens is 360 g/mol. The summed E-state index contributed by atoms with van der Waals surface area (Å²) in [5, 5.41) is 2.97. The predicted octanol–water partition coefficient (Wildman–Crippen LogP) is 4.00. The van der Waals surface area contributed by atoms with E-state index in [0.717, 1.165) is 49.7 Å². The van der Waals surface area contributed by atoms with Gasteiger partial charge in [0.25, 0.3) is 0 Å². The number of benzene rings is 2. The topological polar surface area (TPSA) is 50.2 Å². The summed E-state index contributed by atoms with van der Waals surface area (Å²) in [6.07, 6.45) is 6.56. The molecule has 1 aliphatic carbocycles. The quantitative estimate of drug-likeness (QED) is 0.724. The molecule has 3 aromatic rings. The van der Waals surface area contributed by atoms with Gasteiger partial charge in [-0.2, -0.15) is 0 Å². The Hall–Kier alpha value is -2.66. The van der Waals surface area contributed by atoms with Crippen molar-refractivity contribution in [2.75, 3.05) is 18.4 Å². The van der Waals surface area contributed by atoms with Crippen LogP contribution in [0.1, 0.15) is 37.1 Å². The molecule has 148 valence electrons. The summed E-state index contributed by atoms with van der Waals surface area (Å²) in [6, 6.07) is 13.8. The van der Waals surface area contributed by atoms with E-state index in [9.17, 15) is 4.79 Å². The lowest BCUT2D eigenvalue weighted by atomic mass is 9.91. The standard InChI is InChI=1S/C24H26N4O/c29-24-9-6-18-14-16(4-7-20(18)26-24)17-5-8-22-21(15-17)25-23-10-11-27(12-13-28(22)23)19-2-1-3-19/h4-5,7-8,14-15,19H,1-3,6,9-13H2,(H,26,29). The second-order valence-corrected chi connectivity index (χ2v) is 8.67. The maximum absolute atomic E-state index is 11.6. The van der Waals surface area contributed by atoms with Gasteiger partial charge >= 0.3 is 0 Å². The third kappa shape index (κ3) is 2.96. The van der Waals surface area contributed by atoms with E-state index in [1.807, 2.05) is 6.07 Å². The molecule has 1 amide bonds. The largest absolute Gasteiger partial charge is 0.327 e. The Bertz CT molecular complexity index is 1110. The monoisotopic (exact) mass is 386 g/mol. The van der Waals surface area contributed by atoms with Gasteiger partial charge in [0, 0.05) is 44.2 Å². The number of hydrogen-bond acceptors (Lipinski definition) is 3. The van der Waals surface area contributed by atoms with Crippen molar-refractivity contribution in [3.05, 3.63) is 47.8 Å². The van der Waals surface area contributed by atoms with E-state index in [0.29, 0.717) is 6.42 Å². The number of carbonyl (C=O) groups is 1. The summed E-state index contributed by atoms with van der Waals surface area (Å²) in [5.41, 5.74) is 6.92. The van der Waals surface area contributed by atoms with Crippen molar-refractivity contribution < 1.29 is 4.79 Å². The zero-order valence-corrected chi connectivity index (χ0v) is 16.7. The molecule has 1 N–H and O–H groups in total. The van der Waals surface area contributed by atoms with Gasteiger partial charge < -0.3 is 9.88 Å². The third-order valence-corrected chi connectivity index (χ3v) is 6.99. The highest BCUT2D eigenvalue weighted by atomic mass is 16.1. The van der Waals surface area contributed by atoms with E-state index in [4.69, 9.17) is 4.98 Å². The van der Waals surface area contributed by atoms with Crippen LogP contribution in [-0.4, -0.2) is 39.5 Å². The molecule has 2 aromatic carbocycles. The van der Waals surface area contributed by atoms with Crippen LogP contribution in [0, 0.1) is 0 Å². The molecule has 1 fully saturated rings. The van der Waals surface area contributed by atoms with Gasteiger partial charge in [-0.05, 0) is 60.2 Å². The fraction of sp³-hybridized carbons (Fsp3) is 0.417. The summed E-state index contributed by atoms with van der Waals surface area (Å²) in [6.45, 7) is 3.32. The van der Waals surface area contributed by atoms with Crippen LogP contribution in [0.25, 0.3) is 22.2 Å². The van der Waals surface area contributed by atoms with Crippen molar-refractivity contribution in [1.82, 2.24) is 14.5 Å². The lowest BCUT2D eigenvalue weighted by molar-refractivity contribution is -0.116. The van der Waals surface area contributed by atoms with Crippen LogP contribution in [0.5, 0.6) is 0 Å². The molecule has 6 rings (SSSR count). The first-order chi connectivity index (χ1) is 14.2. The molecular formula is C24H26N4O. The maximum Gasteiger partial charge on any atom is 0.224 e. The minimum atomic E-state index is 0.113. The Labute approximate surface area is 170 Å². The molecule has 2 aliphatic heterocycles. The smallest absolute Gasteiger partial charge is 0.224 e. The fourth-order valence-corrected chi connectivity index (χ4v) is 5.06. The predicted molar refractivity (Wildman–Crippen MR) is 115 cm³/mol. The molecule has 3 aliphatic rings. The number of anilines is 1. The number of rotatable bonds is 2. The van der Waals surface area contributed by atoms with Gasteiger partial charge in [0.1, 0.15) is 5.82 Å². The summed E-state index contributed by atoms with van der Waals surface area (Å²) >= 11 is 0. The second-order valence-electron chi connectivity index (χ2n) is 8.67. The number of fused-ring (bicyclic) bond motifs is 4. The summed E-state index contributed by atoms with van der Waals surface area (Å²) in [7, 11) is 0. The fourth-order valence-electron chi connectivity index (χ4n) is 5.06. The molecule has 5 heteroatoms. The van der Waals surface area contributed by atoms with Crippen LogP contribution < -0.4 is 5.32 Å². The van der Waals surface area contributed by atoms with Crippen molar-refractivity contribution in [1.29, 1.82) is 0 Å². The highest BCUT2D eigenvalue weighted by molar-refractivity contribution is 5.94. The highest BCUT2D eigenvalue weighted by Gasteiger charge is 2.27. The molecule has 0 saturated heterocycles. The van der Waals surface area contributed by atoms with E-state index in [1.165, 1.54) is 47.3 Å². The first-order valence-corrected chi connectivity index (χ1v) is 10.9. The minimum Gasteiger partial charge on any atom is -0.327 e. The molecule has 1 saturated carbocycles. The first-order valence-electron chi connectivity index (χ1n) is 10.9. The number of nitrogens with one attached hydrogen (secondary N) is 1. The molecule has 29 heavy (non-hydrogen) atoms. The minimum absolute atomic E-state index is 0.113. The van der Waals surface area contributed by atoms with Gasteiger partial charge in [-0.1, -0.05) is 18.6 Å². The van der Waals surface area contributed by atoms with Gasteiger partial charge in [0.05, 0.1) is 11.0 Å². The zero-order chi connectivity index (χ0) is 19.4. The summed E-state index contributed by atoms with van der Waals surface area (Å²) in [5.74, 6) is 1.34. The van der Waals surface area contributed by atoms with Crippen molar-refractivity contribution in [2.24, 2.45) is 0 Å². The van der Waals surface area contributed by atoms with Gasteiger partial charge in [-0.25, -0.2) is 4.98 Å². The molecule has 3 heterocycles. The van der Waals surface area contributed by atoms with E-state index in [-0.39, 0.29) is 5.91 Å². The maximum atomic E-state index is 11.6. The lowest BCUT2D eigenvalue weighted by Crippen LogP contribution is -2.41.